The predicted octanol–water partition coefficient (Wildman–Crippen LogP) is 4.82. The van der Waals surface area contributed by atoms with Crippen LogP contribution in [-0.2, 0) is 4.79 Å². The van der Waals surface area contributed by atoms with Crippen LogP contribution in [0.5, 0.6) is 0 Å². The minimum Gasteiger partial charge on any atom is -0.368 e. The van der Waals surface area contributed by atoms with Gasteiger partial charge >= 0.3 is 0 Å². The quantitative estimate of drug-likeness (QED) is 0.728. The number of aromatic nitrogens is 2. The minimum atomic E-state index is -0.418. The molecule has 5 atom stereocenters. The fourth-order valence-corrected chi connectivity index (χ4v) is 6.49. The molecule has 0 spiro atoms. The number of nitrogens with zero attached hydrogens (tertiary/aromatic N) is 2. The average Bonchev–Trinajstić information content (AvgIpc) is 3.35. The van der Waals surface area contributed by atoms with E-state index in [0.717, 1.165) is 34.2 Å². The summed E-state index contributed by atoms with van der Waals surface area (Å²) >= 11 is 1.50. The van der Waals surface area contributed by atoms with Gasteiger partial charge in [-0.15, -0.1) is 0 Å². The third kappa shape index (κ3) is 3.42. The predicted molar refractivity (Wildman–Crippen MR) is 110 cm³/mol. The minimum absolute atomic E-state index is 0.316. The third-order valence-corrected chi connectivity index (χ3v) is 8.00. The number of benzene rings is 1. The molecule has 0 unspecified atom stereocenters. The fraction of sp³-hybridized carbons (Fsp3) is 0.545. The zero-order valence-electron chi connectivity index (χ0n) is 16.4. The highest BCUT2D eigenvalue weighted by atomic mass is 32.2. The summed E-state index contributed by atoms with van der Waals surface area (Å²) in [7, 11) is 0. The van der Waals surface area contributed by atoms with Gasteiger partial charge in [0.1, 0.15) is 5.25 Å². The van der Waals surface area contributed by atoms with Crippen LogP contribution in [0, 0.1) is 31.6 Å². The highest BCUT2D eigenvalue weighted by molar-refractivity contribution is 8.00. The van der Waals surface area contributed by atoms with Gasteiger partial charge in [-0.2, -0.15) is 0 Å². The molecule has 2 fully saturated rings. The standard InChI is InChI=1S/C22H29N3OS/c1-13-14(2)25(15(3)19-12-16-9-10-18(19)11-16)22(24-13)27-20(21(23)26)17-7-5-4-6-8-17/h4-8,15-16,18-20H,9-12H2,1-3H3,(H2,23,26)/t15-,16+,18+,19+,20+/m1/s1. The van der Waals surface area contributed by atoms with E-state index in [1.54, 1.807) is 0 Å². The molecule has 2 aliphatic carbocycles. The summed E-state index contributed by atoms with van der Waals surface area (Å²) in [6, 6.07) is 10.2. The number of rotatable bonds is 6. The van der Waals surface area contributed by atoms with E-state index >= 15 is 0 Å². The molecule has 0 radical (unpaired) electrons. The van der Waals surface area contributed by atoms with Crippen molar-refractivity contribution in [1.82, 2.24) is 9.55 Å². The Morgan fingerprint density at radius 3 is 2.56 bits per heavy atom. The van der Waals surface area contributed by atoms with Crippen LogP contribution in [0.15, 0.2) is 35.5 Å². The van der Waals surface area contributed by atoms with Crippen molar-refractivity contribution >= 4 is 17.7 Å². The topological polar surface area (TPSA) is 60.9 Å². The lowest BCUT2D eigenvalue weighted by molar-refractivity contribution is -0.117. The van der Waals surface area contributed by atoms with Crippen molar-refractivity contribution in [2.24, 2.45) is 23.5 Å². The second kappa shape index (κ2) is 7.34. The van der Waals surface area contributed by atoms with Crippen LogP contribution in [0.3, 0.4) is 0 Å². The molecule has 1 aromatic carbocycles. The zero-order valence-corrected chi connectivity index (χ0v) is 17.2. The van der Waals surface area contributed by atoms with Crippen molar-refractivity contribution in [3.63, 3.8) is 0 Å². The highest BCUT2D eigenvalue weighted by Crippen LogP contribution is 2.53. The highest BCUT2D eigenvalue weighted by Gasteiger charge is 2.43. The van der Waals surface area contributed by atoms with Gasteiger partial charge in [-0.3, -0.25) is 4.79 Å². The summed E-state index contributed by atoms with van der Waals surface area (Å²) in [6.45, 7) is 6.55. The lowest BCUT2D eigenvalue weighted by Gasteiger charge is -2.31. The monoisotopic (exact) mass is 383 g/mol. The summed E-state index contributed by atoms with van der Waals surface area (Å²) in [5, 5.41) is 0.506. The Hall–Kier alpha value is -1.75. The largest absolute Gasteiger partial charge is 0.368 e. The van der Waals surface area contributed by atoms with Crippen molar-refractivity contribution in [3.8, 4) is 0 Å². The lowest BCUT2D eigenvalue weighted by Crippen LogP contribution is -2.24. The first-order valence-electron chi connectivity index (χ1n) is 10.0. The van der Waals surface area contributed by atoms with Crippen LogP contribution >= 0.6 is 11.8 Å². The summed E-state index contributed by atoms with van der Waals surface area (Å²) in [6.07, 6.45) is 5.53. The number of primary amides is 1. The van der Waals surface area contributed by atoms with E-state index in [-0.39, 0.29) is 5.91 Å². The smallest absolute Gasteiger partial charge is 0.235 e. The summed E-state index contributed by atoms with van der Waals surface area (Å²) in [4.78, 5) is 17.0. The molecule has 1 heterocycles. The number of amides is 1. The average molecular weight is 384 g/mol. The molecule has 4 nitrogen and oxygen atoms in total. The maximum absolute atomic E-state index is 12.2. The SMILES string of the molecule is Cc1nc(S[C@H](C(N)=O)c2ccccc2)n([C@H](C)[C@@H]2C[C@H]3CC[C@H]2C3)c1C. The maximum atomic E-state index is 12.2. The van der Waals surface area contributed by atoms with Gasteiger partial charge < -0.3 is 10.3 Å². The lowest BCUT2D eigenvalue weighted by atomic mass is 9.84. The number of carbonyl (C=O) groups excluding carboxylic acids is 1. The molecule has 2 N–H and O–H groups in total. The Balaban J connectivity index is 1.65. The normalized spacial score (nSPS) is 26.3. The molecular weight excluding hydrogens is 354 g/mol. The first-order chi connectivity index (χ1) is 13.0. The molecule has 5 heteroatoms. The molecule has 2 bridgehead atoms. The van der Waals surface area contributed by atoms with Crippen molar-refractivity contribution in [2.75, 3.05) is 0 Å². The second-order valence-electron chi connectivity index (χ2n) is 8.33. The van der Waals surface area contributed by atoms with E-state index in [4.69, 9.17) is 10.7 Å². The summed E-state index contributed by atoms with van der Waals surface area (Å²) < 4.78 is 2.38. The number of imidazole rings is 1. The number of carbonyl (C=O) groups is 1. The second-order valence-corrected chi connectivity index (χ2v) is 9.40. The van der Waals surface area contributed by atoms with Gasteiger partial charge in [-0.1, -0.05) is 48.5 Å². The van der Waals surface area contributed by atoms with Crippen molar-refractivity contribution in [1.29, 1.82) is 0 Å². The van der Waals surface area contributed by atoms with E-state index in [0.29, 0.717) is 6.04 Å². The molecule has 2 saturated carbocycles. The Morgan fingerprint density at radius 2 is 1.96 bits per heavy atom. The van der Waals surface area contributed by atoms with Crippen LogP contribution in [0.4, 0.5) is 0 Å². The van der Waals surface area contributed by atoms with Gasteiger partial charge in [-0.05, 0) is 63.4 Å². The van der Waals surface area contributed by atoms with E-state index in [2.05, 4.69) is 25.3 Å². The van der Waals surface area contributed by atoms with E-state index in [1.165, 1.54) is 43.1 Å². The van der Waals surface area contributed by atoms with Gasteiger partial charge in [0, 0.05) is 11.7 Å². The molecule has 0 saturated heterocycles. The Labute approximate surface area is 165 Å². The van der Waals surface area contributed by atoms with Gasteiger partial charge in [-0.25, -0.2) is 4.98 Å². The Bertz CT molecular complexity index is 832. The molecule has 1 aromatic heterocycles. The maximum Gasteiger partial charge on any atom is 0.235 e. The zero-order chi connectivity index (χ0) is 19.1. The Kier molecular flexibility index (Phi) is 5.06. The van der Waals surface area contributed by atoms with Gasteiger partial charge in [0.2, 0.25) is 5.91 Å². The van der Waals surface area contributed by atoms with Crippen LogP contribution in [0.2, 0.25) is 0 Å². The van der Waals surface area contributed by atoms with Crippen LogP contribution in [0.1, 0.15) is 60.9 Å². The van der Waals surface area contributed by atoms with Crippen molar-refractivity contribution < 1.29 is 4.79 Å². The molecule has 4 rings (SSSR count). The molecule has 144 valence electrons. The van der Waals surface area contributed by atoms with Crippen LogP contribution < -0.4 is 5.73 Å². The van der Waals surface area contributed by atoms with Gasteiger partial charge in [0.25, 0.3) is 0 Å². The number of aryl methyl sites for hydroxylation is 1. The first kappa shape index (κ1) is 18.6. The number of hydrogen-bond donors (Lipinski definition) is 1. The van der Waals surface area contributed by atoms with E-state index < -0.39 is 5.25 Å². The van der Waals surface area contributed by atoms with Crippen molar-refractivity contribution in [2.45, 2.75) is 62.9 Å². The van der Waals surface area contributed by atoms with Crippen LogP contribution in [0.25, 0.3) is 0 Å². The molecule has 1 amide bonds. The number of fused-ring (bicyclic) bond motifs is 2. The first-order valence-corrected chi connectivity index (χ1v) is 10.9. The molecule has 2 aliphatic rings. The van der Waals surface area contributed by atoms with E-state index in [9.17, 15) is 4.79 Å². The van der Waals surface area contributed by atoms with E-state index in [1.807, 2.05) is 30.3 Å². The van der Waals surface area contributed by atoms with Gasteiger partial charge in [0.05, 0.1) is 5.69 Å². The van der Waals surface area contributed by atoms with Crippen molar-refractivity contribution in [3.05, 3.63) is 47.3 Å². The molecular formula is C22H29N3OS. The molecule has 0 aliphatic heterocycles. The van der Waals surface area contributed by atoms with Crippen LogP contribution in [-0.4, -0.2) is 15.5 Å². The number of hydrogen-bond acceptors (Lipinski definition) is 3. The number of nitrogens with two attached hydrogens (primary N) is 1. The summed E-state index contributed by atoms with van der Waals surface area (Å²) in [5.41, 5.74) is 8.96. The molecule has 2 aromatic rings. The third-order valence-electron chi connectivity index (χ3n) is 6.76. The number of thioether (sulfide) groups is 1. The summed E-state index contributed by atoms with van der Waals surface area (Å²) in [5.74, 6) is 2.18. The van der Waals surface area contributed by atoms with Gasteiger partial charge in [0.15, 0.2) is 5.16 Å². The Morgan fingerprint density at radius 1 is 1.22 bits per heavy atom. The fourth-order valence-electron chi connectivity index (χ4n) is 5.26. The molecule has 27 heavy (non-hydrogen) atoms.